The van der Waals surface area contributed by atoms with Crippen LogP contribution in [0.15, 0.2) is 23.6 Å². The van der Waals surface area contributed by atoms with Gasteiger partial charge in [-0.15, -0.1) is 11.3 Å². The molecule has 1 unspecified atom stereocenters. The summed E-state index contributed by atoms with van der Waals surface area (Å²) < 4.78 is 0. The minimum atomic E-state index is 0.358. The van der Waals surface area contributed by atoms with Crippen molar-refractivity contribution in [2.24, 2.45) is 0 Å². The number of aryl methyl sites for hydroxylation is 3. The van der Waals surface area contributed by atoms with Crippen molar-refractivity contribution in [2.45, 2.75) is 40.2 Å². The fourth-order valence-corrected chi connectivity index (χ4v) is 3.39. The first-order valence-corrected chi connectivity index (χ1v) is 7.70. The van der Waals surface area contributed by atoms with Crippen LogP contribution in [0.3, 0.4) is 0 Å². The van der Waals surface area contributed by atoms with Crippen molar-refractivity contribution in [3.05, 3.63) is 51.0 Å². The smallest absolute Gasteiger partial charge is 0.0947 e. The maximum atomic E-state index is 4.60. The summed E-state index contributed by atoms with van der Waals surface area (Å²) in [5, 5.41) is 6.95. The molecule has 0 amide bonds. The lowest BCUT2D eigenvalue weighted by Gasteiger charge is -2.21. The molecule has 1 N–H and O–H groups in total. The molecule has 0 aliphatic carbocycles. The Bertz CT molecular complexity index is 525. The predicted octanol–water partition coefficient (Wildman–Crippen LogP) is 3.96. The van der Waals surface area contributed by atoms with Crippen molar-refractivity contribution in [1.29, 1.82) is 0 Å². The van der Waals surface area contributed by atoms with E-state index in [9.17, 15) is 0 Å². The van der Waals surface area contributed by atoms with E-state index in [1.165, 1.54) is 21.7 Å². The van der Waals surface area contributed by atoms with Crippen LogP contribution in [0.4, 0.5) is 0 Å². The first kappa shape index (κ1) is 14.2. The van der Waals surface area contributed by atoms with Gasteiger partial charge in [0.05, 0.1) is 5.01 Å². The van der Waals surface area contributed by atoms with E-state index in [2.05, 4.69) is 61.6 Å². The highest BCUT2D eigenvalue weighted by atomic mass is 32.1. The molecular formula is C16H22N2S. The summed E-state index contributed by atoms with van der Waals surface area (Å²) in [7, 11) is 0. The summed E-state index contributed by atoms with van der Waals surface area (Å²) in [6.07, 6.45) is 0.970. The molecule has 1 aromatic carbocycles. The van der Waals surface area contributed by atoms with Gasteiger partial charge in [0.25, 0.3) is 0 Å². The minimum absolute atomic E-state index is 0.358. The number of likely N-dealkylation sites (N-methyl/N-ethyl adjacent to an activating group) is 1. The highest BCUT2D eigenvalue weighted by molar-refractivity contribution is 7.09. The van der Waals surface area contributed by atoms with Gasteiger partial charge in [-0.3, -0.25) is 0 Å². The van der Waals surface area contributed by atoms with Crippen LogP contribution in [-0.2, 0) is 6.42 Å². The molecule has 0 radical (unpaired) electrons. The Morgan fingerprint density at radius 3 is 2.42 bits per heavy atom. The van der Waals surface area contributed by atoms with E-state index in [1.807, 2.05) is 0 Å². The van der Waals surface area contributed by atoms with Gasteiger partial charge in [-0.25, -0.2) is 4.98 Å². The van der Waals surface area contributed by atoms with Crippen LogP contribution in [0, 0.1) is 20.8 Å². The number of aromatic nitrogens is 1. The van der Waals surface area contributed by atoms with E-state index >= 15 is 0 Å². The molecule has 2 aromatic rings. The minimum Gasteiger partial charge on any atom is -0.310 e. The molecule has 1 aromatic heterocycles. The molecule has 1 atom stereocenters. The number of benzene rings is 1. The summed E-state index contributed by atoms with van der Waals surface area (Å²) in [4.78, 5) is 4.60. The van der Waals surface area contributed by atoms with Crippen LogP contribution in [-0.4, -0.2) is 11.5 Å². The molecule has 2 nitrogen and oxygen atoms in total. The van der Waals surface area contributed by atoms with Gasteiger partial charge in [0, 0.05) is 23.5 Å². The molecule has 3 heteroatoms. The van der Waals surface area contributed by atoms with E-state index in [1.54, 1.807) is 11.3 Å². The van der Waals surface area contributed by atoms with Gasteiger partial charge < -0.3 is 5.32 Å². The van der Waals surface area contributed by atoms with Gasteiger partial charge in [0.2, 0.25) is 0 Å². The SMILES string of the molecule is CCNC(Cc1nc(C)cs1)c1c(C)cccc1C. The Balaban J connectivity index is 2.29. The lowest BCUT2D eigenvalue weighted by molar-refractivity contribution is 0.543. The van der Waals surface area contributed by atoms with E-state index < -0.39 is 0 Å². The molecule has 0 spiro atoms. The largest absolute Gasteiger partial charge is 0.310 e. The summed E-state index contributed by atoms with van der Waals surface area (Å²) >= 11 is 1.76. The van der Waals surface area contributed by atoms with Gasteiger partial charge in [-0.1, -0.05) is 25.1 Å². The lowest BCUT2D eigenvalue weighted by Crippen LogP contribution is -2.24. The molecule has 0 aliphatic rings. The summed E-state index contributed by atoms with van der Waals surface area (Å²) in [6.45, 7) is 9.58. The Morgan fingerprint density at radius 1 is 1.21 bits per heavy atom. The third-order valence-electron chi connectivity index (χ3n) is 3.39. The van der Waals surface area contributed by atoms with E-state index in [-0.39, 0.29) is 0 Å². The standard InChI is InChI=1S/C16H22N2S/c1-5-17-14(9-15-18-13(4)10-19-15)16-11(2)7-6-8-12(16)3/h6-8,10,14,17H,5,9H2,1-4H3. The van der Waals surface area contributed by atoms with Gasteiger partial charge >= 0.3 is 0 Å². The van der Waals surface area contributed by atoms with Crippen LogP contribution < -0.4 is 5.32 Å². The summed E-state index contributed by atoms with van der Waals surface area (Å²) in [6, 6.07) is 6.88. The number of hydrogen-bond donors (Lipinski definition) is 1. The zero-order valence-electron chi connectivity index (χ0n) is 12.2. The van der Waals surface area contributed by atoms with Crippen LogP contribution in [0.25, 0.3) is 0 Å². The molecule has 0 saturated carbocycles. The van der Waals surface area contributed by atoms with Crippen LogP contribution in [0.5, 0.6) is 0 Å². The van der Waals surface area contributed by atoms with Crippen LogP contribution >= 0.6 is 11.3 Å². The van der Waals surface area contributed by atoms with Crippen LogP contribution in [0.1, 0.15) is 40.4 Å². The maximum absolute atomic E-state index is 4.60. The highest BCUT2D eigenvalue weighted by Crippen LogP contribution is 2.26. The first-order chi connectivity index (χ1) is 9.11. The van der Waals surface area contributed by atoms with Gasteiger partial charge in [-0.2, -0.15) is 0 Å². The molecule has 0 aliphatic heterocycles. The number of hydrogen-bond acceptors (Lipinski definition) is 3. The average Bonchev–Trinajstić information content (AvgIpc) is 2.75. The normalized spacial score (nSPS) is 12.6. The third-order valence-corrected chi connectivity index (χ3v) is 4.38. The lowest BCUT2D eigenvalue weighted by atomic mass is 9.94. The maximum Gasteiger partial charge on any atom is 0.0947 e. The Kier molecular flexibility index (Phi) is 4.72. The predicted molar refractivity (Wildman–Crippen MR) is 82.9 cm³/mol. The van der Waals surface area contributed by atoms with Crippen molar-refractivity contribution in [3.8, 4) is 0 Å². The second kappa shape index (κ2) is 6.31. The number of nitrogens with one attached hydrogen (secondary N) is 1. The van der Waals surface area contributed by atoms with Gasteiger partial charge in [-0.05, 0) is 44.0 Å². The van der Waals surface area contributed by atoms with Crippen LogP contribution in [0.2, 0.25) is 0 Å². The highest BCUT2D eigenvalue weighted by Gasteiger charge is 2.17. The van der Waals surface area contributed by atoms with Gasteiger partial charge in [0.1, 0.15) is 0 Å². The Morgan fingerprint density at radius 2 is 1.89 bits per heavy atom. The van der Waals surface area contributed by atoms with Crippen molar-refractivity contribution in [1.82, 2.24) is 10.3 Å². The van der Waals surface area contributed by atoms with E-state index in [0.717, 1.165) is 18.7 Å². The average molecular weight is 274 g/mol. The number of thiazole rings is 1. The summed E-state index contributed by atoms with van der Waals surface area (Å²) in [5.74, 6) is 0. The summed E-state index contributed by atoms with van der Waals surface area (Å²) in [5.41, 5.74) is 5.27. The van der Waals surface area contributed by atoms with E-state index in [4.69, 9.17) is 0 Å². The topological polar surface area (TPSA) is 24.9 Å². The molecule has 0 saturated heterocycles. The third kappa shape index (κ3) is 3.43. The molecular weight excluding hydrogens is 252 g/mol. The monoisotopic (exact) mass is 274 g/mol. The van der Waals surface area contributed by atoms with E-state index in [0.29, 0.717) is 6.04 Å². The van der Waals surface area contributed by atoms with Gasteiger partial charge in [0.15, 0.2) is 0 Å². The molecule has 102 valence electrons. The van der Waals surface area contributed by atoms with Crippen molar-refractivity contribution in [2.75, 3.05) is 6.54 Å². The zero-order chi connectivity index (χ0) is 13.8. The quantitative estimate of drug-likeness (QED) is 0.892. The van der Waals surface area contributed by atoms with Crippen molar-refractivity contribution in [3.63, 3.8) is 0 Å². The molecule has 0 fully saturated rings. The zero-order valence-corrected chi connectivity index (χ0v) is 13.0. The second-order valence-corrected chi connectivity index (χ2v) is 5.95. The fraction of sp³-hybridized carbons (Fsp3) is 0.438. The first-order valence-electron chi connectivity index (χ1n) is 6.82. The van der Waals surface area contributed by atoms with Crippen molar-refractivity contribution >= 4 is 11.3 Å². The second-order valence-electron chi connectivity index (χ2n) is 5.00. The Hall–Kier alpha value is -1.19. The Labute approximate surface area is 119 Å². The molecule has 1 heterocycles. The number of nitrogens with zero attached hydrogens (tertiary/aromatic N) is 1. The number of rotatable bonds is 5. The molecule has 19 heavy (non-hydrogen) atoms. The van der Waals surface area contributed by atoms with Crippen molar-refractivity contribution < 1.29 is 0 Å². The molecule has 2 rings (SSSR count). The fourth-order valence-electron chi connectivity index (χ4n) is 2.57. The molecule has 0 bridgehead atoms.